The molecule has 2 aliphatic heterocycles. The number of hydrogen-bond donors (Lipinski definition) is 0. The highest BCUT2D eigenvalue weighted by Gasteiger charge is 2.35. The first-order valence-corrected chi connectivity index (χ1v) is 8.57. The van der Waals surface area contributed by atoms with Gasteiger partial charge in [-0.15, -0.1) is 0 Å². The van der Waals surface area contributed by atoms with E-state index in [1.807, 2.05) is 6.07 Å². The van der Waals surface area contributed by atoms with Crippen LogP contribution in [-0.4, -0.2) is 53.8 Å². The van der Waals surface area contributed by atoms with E-state index in [2.05, 4.69) is 0 Å². The van der Waals surface area contributed by atoms with Gasteiger partial charge in [0.2, 0.25) is 0 Å². The fourth-order valence-electron chi connectivity index (χ4n) is 3.36. The highest BCUT2D eigenvalue weighted by atomic mass is 16.5. The lowest BCUT2D eigenvalue weighted by molar-refractivity contribution is 0.0301. The monoisotopic (exact) mass is 350 g/mol. The molecule has 26 heavy (non-hydrogen) atoms. The van der Waals surface area contributed by atoms with Crippen molar-refractivity contribution in [2.45, 2.75) is 6.54 Å². The molecule has 0 radical (unpaired) electrons. The molecule has 0 saturated carbocycles. The Kier molecular flexibility index (Phi) is 4.26. The maximum atomic E-state index is 12.9. The maximum absolute atomic E-state index is 12.9. The zero-order chi connectivity index (χ0) is 18.1. The molecule has 1 fully saturated rings. The predicted octanol–water partition coefficient (Wildman–Crippen LogP) is 1.96. The van der Waals surface area contributed by atoms with Gasteiger partial charge in [-0.25, -0.2) is 0 Å². The minimum atomic E-state index is -0.320. The van der Waals surface area contributed by atoms with Crippen LogP contribution in [0.25, 0.3) is 0 Å². The summed E-state index contributed by atoms with van der Waals surface area (Å²) < 4.78 is 5.30. The first kappa shape index (κ1) is 16.5. The molecule has 2 aromatic carbocycles. The second kappa shape index (κ2) is 6.72. The van der Waals surface area contributed by atoms with E-state index in [1.54, 1.807) is 47.4 Å². The average molecular weight is 350 g/mol. The zero-order valence-electron chi connectivity index (χ0n) is 14.2. The van der Waals surface area contributed by atoms with Crippen LogP contribution in [0.4, 0.5) is 0 Å². The van der Waals surface area contributed by atoms with Gasteiger partial charge in [0, 0.05) is 18.7 Å². The quantitative estimate of drug-likeness (QED) is 0.794. The number of morpholine rings is 1. The lowest BCUT2D eigenvalue weighted by atomic mass is 10.1. The van der Waals surface area contributed by atoms with Gasteiger partial charge in [-0.3, -0.25) is 19.3 Å². The molecule has 1 saturated heterocycles. The Labute approximate surface area is 151 Å². The molecule has 6 heteroatoms. The summed E-state index contributed by atoms with van der Waals surface area (Å²) in [5, 5.41) is 0. The number of amides is 3. The van der Waals surface area contributed by atoms with Gasteiger partial charge in [-0.1, -0.05) is 30.3 Å². The Balaban J connectivity index is 1.61. The fraction of sp³-hybridized carbons (Fsp3) is 0.250. The Bertz CT molecular complexity index is 852. The van der Waals surface area contributed by atoms with Crippen LogP contribution in [0.15, 0.2) is 48.5 Å². The molecule has 0 aromatic heterocycles. The second-order valence-electron chi connectivity index (χ2n) is 6.30. The number of carbonyl (C=O) groups excluding carboxylic acids is 3. The zero-order valence-corrected chi connectivity index (χ0v) is 14.2. The summed E-state index contributed by atoms with van der Waals surface area (Å²) in [5.41, 5.74) is 2.01. The van der Waals surface area contributed by atoms with Crippen molar-refractivity contribution in [2.24, 2.45) is 0 Å². The van der Waals surface area contributed by atoms with Gasteiger partial charge in [-0.2, -0.15) is 0 Å². The molecule has 0 spiro atoms. The average Bonchev–Trinajstić information content (AvgIpc) is 2.94. The van der Waals surface area contributed by atoms with Gasteiger partial charge >= 0.3 is 0 Å². The molecule has 2 aromatic rings. The molecule has 2 aliphatic rings. The highest BCUT2D eigenvalue weighted by Crippen LogP contribution is 2.25. The molecule has 2 heterocycles. The van der Waals surface area contributed by atoms with Gasteiger partial charge in [-0.05, 0) is 23.8 Å². The molecule has 0 atom stereocenters. The van der Waals surface area contributed by atoms with Crippen LogP contribution < -0.4 is 0 Å². The lowest BCUT2D eigenvalue weighted by Crippen LogP contribution is -2.41. The molecule has 0 bridgehead atoms. The van der Waals surface area contributed by atoms with Gasteiger partial charge in [0.25, 0.3) is 17.7 Å². The van der Waals surface area contributed by atoms with Crippen molar-refractivity contribution in [3.05, 3.63) is 70.8 Å². The van der Waals surface area contributed by atoms with Crippen LogP contribution in [0.5, 0.6) is 0 Å². The Morgan fingerprint density at radius 2 is 1.46 bits per heavy atom. The van der Waals surface area contributed by atoms with E-state index in [4.69, 9.17) is 4.74 Å². The van der Waals surface area contributed by atoms with E-state index >= 15 is 0 Å². The van der Waals surface area contributed by atoms with Crippen LogP contribution in [0, 0.1) is 0 Å². The number of ether oxygens (including phenoxy) is 1. The summed E-state index contributed by atoms with van der Waals surface area (Å²) in [6.07, 6.45) is 0. The third-order valence-corrected chi connectivity index (χ3v) is 4.75. The van der Waals surface area contributed by atoms with Crippen LogP contribution >= 0.6 is 0 Å². The third kappa shape index (κ3) is 2.78. The summed E-state index contributed by atoms with van der Waals surface area (Å²) in [7, 11) is 0. The van der Waals surface area contributed by atoms with Crippen molar-refractivity contribution in [3.63, 3.8) is 0 Å². The standard InChI is InChI=1S/C20H18N2O4/c23-18(21-9-11-26-12-10-21)15-6-2-1-5-14(15)13-22-19(24)16-7-3-4-8-17(16)20(22)25/h1-8H,9-13H2. The van der Waals surface area contributed by atoms with Crippen LogP contribution in [0.3, 0.4) is 0 Å². The predicted molar refractivity (Wildman–Crippen MR) is 93.8 cm³/mol. The molecule has 3 amide bonds. The number of rotatable bonds is 3. The van der Waals surface area contributed by atoms with Crippen molar-refractivity contribution < 1.29 is 19.1 Å². The maximum Gasteiger partial charge on any atom is 0.261 e. The topological polar surface area (TPSA) is 66.9 Å². The molecule has 4 rings (SSSR count). The van der Waals surface area contributed by atoms with Crippen LogP contribution in [0.2, 0.25) is 0 Å². The van der Waals surface area contributed by atoms with Gasteiger partial charge in [0.05, 0.1) is 30.9 Å². The molecule has 0 aliphatic carbocycles. The number of carbonyl (C=O) groups is 3. The molecular formula is C20H18N2O4. The van der Waals surface area contributed by atoms with E-state index < -0.39 is 0 Å². The Morgan fingerprint density at radius 1 is 0.885 bits per heavy atom. The summed E-state index contributed by atoms with van der Waals surface area (Å²) >= 11 is 0. The SMILES string of the molecule is O=C(c1ccccc1CN1C(=O)c2ccccc2C1=O)N1CCOCC1. The molecular weight excluding hydrogens is 332 g/mol. The van der Waals surface area contributed by atoms with Crippen molar-refractivity contribution in [1.29, 1.82) is 0 Å². The summed E-state index contributed by atoms with van der Waals surface area (Å²) in [4.78, 5) is 41.0. The van der Waals surface area contributed by atoms with Crippen molar-refractivity contribution in [1.82, 2.24) is 9.80 Å². The smallest absolute Gasteiger partial charge is 0.261 e. The van der Waals surface area contributed by atoms with E-state index in [1.165, 1.54) is 4.90 Å². The van der Waals surface area contributed by atoms with Crippen molar-refractivity contribution >= 4 is 17.7 Å². The second-order valence-corrected chi connectivity index (χ2v) is 6.30. The minimum absolute atomic E-state index is 0.0819. The molecule has 6 nitrogen and oxygen atoms in total. The van der Waals surface area contributed by atoms with E-state index in [-0.39, 0.29) is 24.3 Å². The van der Waals surface area contributed by atoms with Crippen molar-refractivity contribution in [2.75, 3.05) is 26.3 Å². The minimum Gasteiger partial charge on any atom is -0.378 e. The Morgan fingerprint density at radius 3 is 2.12 bits per heavy atom. The number of imide groups is 1. The number of hydrogen-bond acceptors (Lipinski definition) is 4. The molecule has 132 valence electrons. The van der Waals surface area contributed by atoms with Gasteiger partial charge < -0.3 is 9.64 Å². The number of benzene rings is 2. The molecule has 0 unspecified atom stereocenters. The Hall–Kier alpha value is -2.99. The number of nitrogens with zero attached hydrogens (tertiary/aromatic N) is 2. The summed E-state index contributed by atoms with van der Waals surface area (Å²) in [6, 6.07) is 13.9. The number of fused-ring (bicyclic) bond motifs is 1. The van der Waals surface area contributed by atoms with E-state index in [0.717, 1.165) is 0 Å². The van der Waals surface area contributed by atoms with E-state index in [9.17, 15) is 14.4 Å². The molecule has 0 N–H and O–H groups in total. The fourth-order valence-corrected chi connectivity index (χ4v) is 3.36. The first-order valence-electron chi connectivity index (χ1n) is 8.57. The third-order valence-electron chi connectivity index (χ3n) is 4.75. The highest BCUT2D eigenvalue weighted by molar-refractivity contribution is 6.21. The lowest BCUT2D eigenvalue weighted by Gasteiger charge is -2.28. The largest absolute Gasteiger partial charge is 0.378 e. The summed E-state index contributed by atoms with van der Waals surface area (Å²) in [5.74, 6) is -0.737. The van der Waals surface area contributed by atoms with Crippen molar-refractivity contribution in [3.8, 4) is 0 Å². The van der Waals surface area contributed by atoms with Crippen LogP contribution in [-0.2, 0) is 11.3 Å². The normalized spacial score (nSPS) is 16.8. The summed E-state index contributed by atoms with van der Waals surface area (Å²) in [6.45, 7) is 2.21. The van der Waals surface area contributed by atoms with E-state index in [0.29, 0.717) is 48.6 Å². The first-order chi connectivity index (χ1) is 12.7. The van der Waals surface area contributed by atoms with Crippen LogP contribution in [0.1, 0.15) is 36.6 Å². The van der Waals surface area contributed by atoms with Gasteiger partial charge in [0.1, 0.15) is 0 Å². The van der Waals surface area contributed by atoms with Gasteiger partial charge in [0.15, 0.2) is 0 Å².